The summed E-state index contributed by atoms with van der Waals surface area (Å²) in [7, 11) is 0. The van der Waals surface area contributed by atoms with Gasteiger partial charge in [-0.25, -0.2) is 4.79 Å². The fraction of sp³-hybridized carbons (Fsp3) is 0.500. The van der Waals surface area contributed by atoms with Gasteiger partial charge in [0.2, 0.25) is 5.91 Å². The maximum absolute atomic E-state index is 11.1. The Morgan fingerprint density at radius 3 is 2.00 bits per heavy atom. The number of nitrogens with one attached hydrogen (secondary N) is 1. The molecule has 0 saturated heterocycles. The van der Waals surface area contributed by atoms with Gasteiger partial charge in [0.25, 0.3) is 0 Å². The first-order chi connectivity index (χ1) is 8.93. The molecule has 0 radical (unpaired) electrons. The van der Waals surface area contributed by atoms with Crippen LogP contribution in [0.2, 0.25) is 0 Å². The number of halogens is 3. The summed E-state index contributed by atoms with van der Waals surface area (Å²) in [4.78, 5) is 30.3. The summed E-state index contributed by atoms with van der Waals surface area (Å²) < 4.78 is 31.7. The highest BCUT2D eigenvalue weighted by Crippen LogP contribution is 2.13. The summed E-state index contributed by atoms with van der Waals surface area (Å²) in [6.45, 7) is 1.35. The predicted octanol–water partition coefficient (Wildman–Crippen LogP) is -0.440. The van der Waals surface area contributed by atoms with Gasteiger partial charge in [0.05, 0.1) is 6.04 Å². The molecule has 5 N–H and O–H groups in total. The summed E-state index contributed by atoms with van der Waals surface area (Å²) in [5, 5.41) is 17.8. The van der Waals surface area contributed by atoms with Crippen LogP contribution in [0.25, 0.3) is 0 Å². The normalized spacial score (nSPS) is 13.0. The van der Waals surface area contributed by atoms with Gasteiger partial charge in [-0.15, -0.1) is 12.3 Å². The predicted molar refractivity (Wildman–Crippen MR) is 60.4 cm³/mol. The van der Waals surface area contributed by atoms with E-state index in [1.165, 1.54) is 6.92 Å². The second-order valence-electron chi connectivity index (χ2n) is 3.39. The first-order valence-electron chi connectivity index (χ1n) is 4.95. The molecule has 0 aromatic carbocycles. The quantitative estimate of drug-likeness (QED) is 0.521. The molecule has 1 amide bonds. The zero-order chi connectivity index (χ0) is 16.5. The minimum Gasteiger partial charge on any atom is -0.480 e. The van der Waals surface area contributed by atoms with Crippen LogP contribution in [0.4, 0.5) is 13.2 Å². The fourth-order valence-electron chi connectivity index (χ4n) is 0.602. The summed E-state index contributed by atoms with van der Waals surface area (Å²) in [5.74, 6) is -2.20. The van der Waals surface area contributed by atoms with Gasteiger partial charge in [-0.3, -0.25) is 9.59 Å². The number of hydrogen-bond acceptors (Lipinski definition) is 4. The van der Waals surface area contributed by atoms with Crippen LogP contribution in [0, 0.1) is 12.3 Å². The van der Waals surface area contributed by atoms with Crippen molar-refractivity contribution in [2.75, 3.05) is 0 Å². The highest BCUT2D eigenvalue weighted by Gasteiger charge is 2.38. The molecular formula is C10H13F3N2O5. The average Bonchev–Trinajstić information content (AvgIpc) is 2.28. The molecule has 0 heterocycles. The largest absolute Gasteiger partial charge is 0.490 e. The average molecular weight is 298 g/mol. The number of alkyl halides is 3. The van der Waals surface area contributed by atoms with Crippen LogP contribution in [0.5, 0.6) is 0 Å². The first-order valence-corrected chi connectivity index (χ1v) is 4.95. The minimum atomic E-state index is -5.08. The third kappa shape index (κ3) is 9.72. The van der Waals surface area contributed by atoms with E-state index in [1.54, 1.807) is 0 Å². The van der Waals surface area contributed by atoms with Crippen molar-refractivity contribution in [1.29, 1.82) is 0 Å². The number of carboxylic acids is 2. The molecule has 0 aliphatic heterocycles. The molecular weight excluding hydrogens is 285 g/mol. The fourth-order valence-corrected chi connectivity index (χ4v) is 0.602. The molecule has 0 aliphatic carbocycles. The van der Waals surface area contributed by atoms with E-state index in [0.29, 0.717) is 0 Å². The van der Waals surface area contributed by atoms with Gasteiger partial charge in [0.1, 0.15) is 6.04 Å². The zero-order valence-corrected chi connectivity index (χ0v) is 10.3. The highest BCUT2D eigenvalue weighted by molar-refractivity contribution is 5.86. The Hall–Kier alpha value is -2.28. The lowest BCUT2D eigenvalue weighted by molar-refractivity contribution is -0.192. The van der Waals surface area contributed by atoms with Crippen LogP contribution in [0.15, 0.2) is 0 Å². The third-order valence-corrected chi connectivity index (χ3v) is 1.65. The maximum atomic E-state index is 11.1. The molecule has 0 aromatic heterocycles. The number of terminal acetylenes is 1. The van der Waals surface area contributed by atoms with Gasteiger partial charge in [-0.1, -0.05) is 0 Å². The van der Waals surface area contributed by atoms with Gasteiger partial charge in [0.15, 0.2) is 0 Å². The Labute approximate surface area is 111 Å². The van der Waals surface area contributed by atoms with Crippen molar-refractivity contribution in [2.24, 2.45) is 5.73 Å². The number of aliphatic carboxylic acids is 2. The van der Waals surface area contributed by atoms with Crippen molar-refractivity contribution in [3.05, 3.63) is 0 Å². The lowest BCUT2D eigenvalue weighted by Gasteiger charge is -2.12. The number of nitrogens with two attached hydrogens (primary N) is 1. The molecule has 0 spiro atoms. The van der Waals surface area contributed by atoms with E-state index in [4.69, 9.17) is 27.2 Å². The molecule has 2 atom stereocenters. The molecule has 20 heavy (non-hydrogen) atoms. The van der Waals surface area contributed by atoms with Crippen molar-refractivity contribution in [3.63, 3.8) is 0 Å². The number of hydrogen-bond donors (Lipinski definition) is 4. The van der Waals surface area contributed by atoms with Gasteiger partial charge in [-0.05, 0) is 6.92 Å². The van der Waals surface area contributed by atoms with Crippen LogP contribution in [-0.2, 0) is 14.4 Å². The summed E-state index contributed by atoms with van der Waals surface area (Å²) >= 11 is 0. The molecule has 0 aromatic rings. The van der Waals surface area contributed by atoms with Gasteiger partial charge < -0.3 is 21.3 Å². The number of rotatable bonds is 4. The monoisotopic (exact) mass is 298 g/mol. The molecule has 10 heteroatoms. The van der Waals surface area contributed by atoms with Crippen molar-refractivity contribution >= 4 is 17.8 Å². The zero-order valence-electron chi connectivity index (χ0n) is 10.3. The van der Waals surface area contributed by atoms with Gasteiger partial charge in [-0.2, -0.15) is 13.2 Å². The number of amides is 1. The van der Waals surface area contributed by atoms with Crippen LogP contribution < -0.4 is 11.1 Å². The van der Waals surface area contributed by atoms with Gasteiger partial charge >= 0.3 is 18.1 Å². The van der Waals surface area contributed by atoms with Crippen LogP contribution >= 0.6 is 0 Å². The standard InChI is InChI=1S/C8H12N2O3.C2HF3O2/c1-3-4-6(9)7(11)10-5(2)8(12)13;3-2(4,5)1(6)7/h1,5-6H,4,9H2,2H3,(H,10,11)(H,12,13);(H,6,7)/t5-,6-;/m0./s1. The van der Waals surface area contributed by atoms with Crippen molar-refractivity contribution in [1.82, 2.24) is 5.32 Å². The smallest absolute Gasteiger partial charge is 0.480 e. The van der Waals surface area contributed by atoms with Crippen LogP contribution in [0.1, 0.15) is 13.3 Å². The Bertz CT molecular complexity index is 403. The highest BCUT2D eigenvalue weighted by atomic mass is 19.4. The maximum Gasteiger partial charge on any atom is 0.490 e. The van der Waals surface area contributed by atoms with E-state index in [9.17, 15) is 22.8 Å². The lowest BCUT2D eigenvalue weighted by atomic mass is 10.2. The number of carboxylic acid groups (broad SMARTS) is 2. The molecule has 0 aliphatic rings. The topological polar surface area (TPSA) is 130 Å². The molecule has 114 valence electrons. The SMILES string of the molecule is C#CC[C@H](N)C(=O)N[C@@H](C)C(=O)O.O=C(O)C(F)(F)F. The van der Waals surface area contributed by atoms with E-state index < -0.39 is 36.1 Å². The van der Waals surface area contributed by atoms with Crippen LogP contribution in [0.3, 0.4) is 0 Å². The van der Waals surface area contributed by atoms with Crippen LogP contribution in [-0.4, -0.2) is 46.3 Å². The van der Waals surface area contributed by atoms with E-state index in [0.717, 1.165) is 0 Å². The Balaban J connectivity index is 0. The molecule has 7 nitrogen and oxygen atoms in total. The number of carbonyl (C=O) groups is 3. The van der Waals surface area contributed by atoms with E-state index in [2.05, 4.69) is 11.2 Å². The first kappa shape index (κ1) is 20.0. The summed E-state index contributed by atoms with van der Waals surface area (Å²) in [6, 6.07) is -1.79. The number of carbonyl (C=O) groups excluding carboxylic acids is 1. The van der Waals surface area contributed by atoms with Crippen molar-refractivity contribution < 1.29 is 37.8 Å². The lowest BCUT2D eigenvalue weighted by Crippen LogP contribution is -2.46. The Kier molecular flexibility index (Phi) is 8.78. The summed E-state index contributed by atoms with van der Waals surface area (Å²) in [5.41, 5.74) is 5.33. The molecule has 0 saturated carbocycles. The molecule has 0 bridgehead atoms. The van der Waals surface area contributed by atoms with Crippen molar-refractivity contribution in [3.8, 4) is 12.3 Å². The third-order valence-electron chi connectivity index (χ3n) is 1.65. The van der Waals surface area contributed by atoms with E-state index in [1.807, 2.05) is 0 Å². The molecule has 0 rings (SSSR count). The second-order valence-corrected chi connectivity index (χ2v) is 3.39. The van der Waals surface area contributed by atoms with E-state index in [-0.39, 0.29) is 6.42 Å². The Morgan fingerprint density at radius 2 is 1.75 bits per heavy atom. The van der Waals surface area contributed by atoms with Gasteiger partial charge in [0, 0.05) is 6.42 Å². The molecule has 0 fully saturated rings. The summed E-state index contributed by atoms with van der Waals surface area (Å²) in [6.07, 6.45) is -0.0564. The second kappa shape index (κ2) is 8.76. The molecule has 0 unspecified atom stereocenters. The Morgan fingerprint density at radius 1 is 1.35 bits per heavy atom. The van der Waals surface area contributed by atoms with Crippen molar-refractivity contribution in [2.45, 2.75) is 31.6 Å². The van der Waals surface area contributed by atoms with E-state index >= 15 is 0 Å². The minimum absolute atomic E-state index is 0.0954.